The molecule has 0 aliphatic carbocycles. The van der Waals surface area contributed by atoms with E-state index in [9.17, 15) is 4.79 Å². The molecule has 1 aliphatic rings. The third kappa shape index (κ3) is 2.61. The van der Waals surface area contributed by atoms with Crippen molar-refractivity contribution < 1.29 is 9.53 Å². The lowest BCUT2D eigenvalue weighted by Crippen LogP contribution is -2.55. The average Bonchev–Trinajstić information content (AvgIpc) is 2.45. The zero-order valence-corrected chi connectivity index (χ0v) is 12.9. The number of amides is 1. The van der Waals surface area contributed by atoms with Crippen molar-refractivity contribution in [3.8, 4) is 0 Å². The Balaban J connectivity index is 2.09. The summed E-state index contributed by atoms with van der Waals surface area (Å²) in [6, 6.07) is 9.21. The summed E-state index contributed by atoms with van der Waals surface area (Å²) >= 11 is 6.07. The van der Waals surface area contributed by atoms with Crippen molar-refractivity contribution in [2.45, 2.75) is 19.4 Å². The Bertz CT molecular complexity index is 700. The molecule has 0 atom stereocenters. The van der Waals surface area contributed by atoms with Crippen LogP contribution >= 0.6 is 11.6 Å². The maximum absolute atomic E-state index is 13.0. The molecule has 1 saturated heterocycles. The second-order valence-corrected chi connectivity index (χ2v) is 6.22. The van der Waals surface area contributed by atoms with Crippen LogP contribution in [0.4, 0.5) is 0 Å². The summed E-state index contributed by atoms with van der Waals surface area (Å²) in [4.78, 5) is 19.1. The van der Waals surface area contributed by atoms with Gasteiger partial charge in [-0.3, -0.25) is 4.79 Å². The molecule has 1 aromatic carbocycles. The van der Waals surface area contributed by atoms with Gasteiger partial charge in [0.2, 0.25) is 0 Å². The summed E-state index contributed by atoms with van der Waals surface area (Å²) in [5.41, 5.74) is 1.01. The largest absolute Gasteiger partial charge is 0.377 e. The standard InChI is InChI=1S/C16H17ClN2O2/c1-16(2)10-21-8-7-19(16)15(20)12-9-14(17)18-13-6-4-3-5-11(12)13/h3-6,9H,7-8,10H2,1-2H3. The maximum Gasteiger partial charge on any atom is 0.255 e. The molecule has 110 valence electrons. The Morgan fingerprint density at radius 2 is 2.14 bits per heavy atom. The number of carbonyl (C=O) groups excluding carboxylic acids is 1. The Labute approximate surface area is 128 Å². The Kier molecular flexibility index (Phi) is 3.59. The zero-order chi connectivity index (χ0) is 15.0. The molecule has 0 saturated carbocycles. The van der Waals surface area contributed by atoms with Crippen LogP contribution in [0.25, 0.3) is 10.9 Å². The van der Waals surface area contributed by atoms with E-state index in [0.29, 0.717) is 30.5 Å². The van der Waals surface area contributed by atoms with Crippen LogP contribution in [0.5, 0.6) is 0 Å². The van der Waals surface area contributed by atoms with E-state index >= 15 is 0 Å². The van der Waals surface area contributed by atoms with Crippen molar-refractivity contribution in [2.75, 3.05) is 19.8 Å². The highest BCUT2D eigenvalue weighted by Gasteiger charge is 2.35. The number of pyridine rings is 1. The van der Waals surface area contributed by atoms with Crippen molar-refractivity contribution in [1.82, 2.24) is 9.88 Å². The van der Waals surface area contributed by atoms with E-state index in [2.05, 4.69) is 4.98 Å². The van der Waals surface area contributed by atoms with Gasteiger partial charge >= 0.3 is 0 Å². The number of hydrogen-bond acceptors (Lipinski definition) is 3. The van der Waals surface area contributed by atoms with Crippen molar-refractivity contribution in [3.05, 3.63) is 41.0 Å². The number of rotatable bonds is 1. The average molecular weight is 305 g/mol. The molecule has 1 aliphatic heterocycles. The normalized spacial score (nSPS) is 18.0. The van der Waals surface area contributed by atoms with Crippen LogP contribution in [-0.4, -0.2) is 41.1 Å². The molecule has 5 heteroatoms. The molecular formula is C16H17ClN2O2. The van der Waals surface area contributed by atoms with E-state index in [1.807, 2.05) is 43.0 Å². The van der Waals surface area contributed by atoms with Gasteiger partial charge in [-0.1, -0.05) is 29.8 Å². The van der Waals surface area contributed by atoms with Crippen LogP contribution in [-0.2, 0) is 4.74 Å². The van der Waals surface area contributed by atoms with Crippen LogP contribution in [0, 0.1) is 0 Å². The molecule has 0 radical (unpaired) electrons. The van der Waals surface area contributed by atoms with Gasteiger partial charge in [0.1, 0.15) is 5.15 Å². The monoisotopic (exact) mass is 304 g/mol. The molecule has 1 fully saturated rings. The number of aromatic nitrogens is 1. The Morgan fingerprint density at radius 1 is 1.38 bits per heavy atom. The fourth-order valence-corrected chi connectivity index (χ4v) is 2.90. The fraction of sp³-hybridized carbons (Fsp3) is 0.375. The van der Waals surface area contributed by atoms with Crippen molar-refractivity contribution >= 4 is 28.4 Å². The predicted molar refractivity (Wildman–Crippen MR) is 82.7 cm³/mol. The number of carbonyl (C=O) groups is 1. The van der Waals surface area contributed by atoms with Gasteiger partial charge in [0.15, 0.2) is 0 Å². The highest BCUT2D eigenvalue weighted by molar-refractivity contribution is 6.30. The number of para-hydroxylation sites is 1. The van der Waals surface area contributed by atoms with Crippen molar-refractivity contribution in [3.63, 3.8) is 0 Å². The first-order valence-corrected chi connectivity index (χ1v) is 7.32. The molecule has 3 rings (SSSR count). The zero-order valence-electron chi connectivity index (χ0n) is 12.1. The molecule has 0 N–H and O–H groups in total. The third-order valence-corrected chi connectivity index (χ3v) is 4.00. The number of morpholine rings is 1. The number of nitrogens with zero attached hydrogens (tertiary/aromatic N) is 2. The van der Waals surface area contributed by atoms with E-state index < -0.39 is 0 Å². The topological polar surface area (TPSA) is 42.4 Å². The van der Waals surface area contributed by atoms with Crippen LogP contribution < -0.4 is 0 Å². The number of hydrogen-bond donors (Lipinski definition) is 0. The van der Waals surface area contributed by atoms with Gasteiger partial charge in [-0.05, 0) is 26.0 Å². The van der Waals surface area contributed by atoms with Gasteiger partial charge < -0.3 is 9.64 Å². The maximum atomic E-state index is 13.0. The summed E-state index contributed by atoms with van der Waals surface area (Å²) in [6.07, 6.45) is 0. The van der Waals surface area contributed by atoms with Gasteiger partial charge in [0.05, 0.1) is 29.8 Å². The Morgan fingerprint density at radius 3 is 2.90 bits per heavy atom. The van der Waals surface area contributed by atoms with Gasteiger partial charge in [-0.15, -0.1) is 0 Å². The minimum Gasteiger partial charge on any atom is -0.377 e. The number of benzene rings is 1. The second kappa shape index (κ2) is 5.28. The molecule has 21 heavy (non-hydrogen) atoms. The van der Waals surface area contributed by atoms with E-state index in [1.54, 1.807) is 6.07 Å². The molecule has 4 nitrogen and oxygen atoms in total. The minimum atomic E-state index is -0.327. The molecular weight excluding hydrogens is 288 g/mol. The number of ether oxygens (including phenoxy) is 1. The van der Waals surface area contributed by atoms with E-state index in [4.69, 9.17) is 16.3 Å². The lowest BCUT2D eigenvalue weighted by molar-refractivity contribution is -0.0369. The Hall–Kier alpha value is -1.65. The molecule has 2 heterocycles. The SMILES string of the molecule is CC1(C)COCCN1C(=O)c1cc(Cl)nc2ccccc12. The smallest absolute Gasteiger partial charge is 0.255 e. The van der Waals surface area contributed by atoms with E-state index in [0.717, 1.165) is 10.9 Å². The van der Waals surface area contributed by atoms with Crippen LogP contribution in [0.1, 0.15) is 24.2 Å². The first-order valence-electron chi connectivity index (χ1n) is 6.94. The van der Waals surface area contributed by atoms with E-state index in [1.165, 1.54) is 0 Å². The van der Waals surface area contributed by atoms with Crippen molar-refractivity contribution in [1.29, 1.82) is 0 Å². The van der Waals surface area contributed by atoms with Crippen LogP contribution in [0.3, 0.4) is 0 Å². The predicted octanol–water partition coefficient (Wildman–Crippen LogP) is 3.14. The first kappa shape index (κ1) is 14.3. The highest BCUT2D eigenvalue weighted by atomic mass is 35.5. The quantitative estimate of drug-likeness (QED) is 0.760. The highest BCUT2D eigenvalue weighted by Crippen LogP contribution is 2.26. The summed E-state index contributed by atoms with van der Waals surface area (Å²) in [7, 11) is 0. The molecule has 1 amide bonds. The molecule has 0 unspecified atom stereocenters. The summed E-state index contributed by atoms with van der Waals surface area (Å²) in [5.74, 6) is -0.0243. The molecule has 1 aromatic heterocycles. The summed E-state index contributed by atoms with van der Waals surface area (Å²) in [6.45, 7) is 5.70. The number of fused-ring (bicyclic) bond motifs is 1. The third-order valence-electron chi connectivity index (χ3n) is 3.81. The summed E-state index contributed by atoms with van der Waals surface area (Å²) < 4.78 is 5.48. The second-order valence-electron chi connectivity index (χ2n) is 5.83. The lowest BCUT2D eigenvalue weighted by atomic mass is 9.99. The van der Waals surface area contributed by atoms with E-state index in [-0.39, 0.29) is 11.4 Å². The summed E-state index contributed by atoms with van der Waals surface area (Å²) in [5, 5.41) is 1.16. The van der Waals surface area contributed by atoms with Crippen LogP contribution in [0.2, 0.25) is 5.15 Å². The fourth-order valence-electron chi connectivity index (χ4n) is 2.70. The van der Waals surface area contributed by atoms with Gasteiger partial charge in [0, 0.05) is 11.9 Å². The van der Waals surface area contributed by atoms with Gasteiger partial charge in [0.25, 0.3) is 5.91 Å². The molecule has 2 aromatic rings. The van der Waals surface area contributed by atoms with Crippen LogP contribution in [0.15, 0.2) is 30.3 Å². The minimum absolute atomic E-state index is 0.0243. The first-order chi connectivity index (χ1) is 9.99. The molecule has 0 spiro atoms. The lowest BCUT2D eigenvalue weighted by Gasteiger charge is -2.42. The van der Waals surface area contributed by atoms with Gasteiger partial charge in [-0.25, -0.2) is 4.98 Å². The van der Waals surface area contributed by atoms with Gasteiger partial charge in [-0.2, -0.15) is 0 Å². The number of halogens is 1. The molecule has 0 bridgehead atoms. The van der Waals surface area contributed by atoms with Crippen molar-refractivity contribution in [2.24, 2.45) is 0 Å².